The highest BCUT2D eigenvalue weighted by atomic mass is 32.2. The van der Waals surface area contributed by atoms with Crippen molar-refractivity contribution in [3.8, 4) is 28.4 Å². The molecule has 1 fully saturated rings. The van der Waals surface area contributed by atoms with Crippen molar-refractivity contribution in [3.05, 3.63) is 52.9 Å². The number of fused-ring (bicyclic) bond motifs is 1. The zero-order valence-electron chi connectivity index (χ0n) is 17.4. The fraction of sp³-hybridized carbons (Fsp3) is 0.304. The van der Waals surface area contributed by atoms with Gasteiger partial charge in [0.2, 0.25) is 0 Å². The molecular formula is C23H23NO6S. The van der Waals surface area contributed by atoms with Crippen molar-refractivity contribution in [1.29, 1.82) is 0 Å². The molecule has 1 aromatic heterocycles. The summed E-state index contributed by atoms with van der Waals surface area (Å²) >= 11 is 1.85. The van der Waals surface area contributed by atoms with E-state index in [1.165, 1.54) is 6.26 Å². The molecule has 2 heterocycles. The fourth-order valence-electron chi connectivity index (χ4n) is 3.45. The number of hydrogen-bond acceptors (Lipinski definition) is 7. The molecule has 0 atom stereocenters. The second-order valence-corrected chi connectivity index (χ2v) is 8.21. The van der Waals surface area contributed by atoms with Gasteiger partial charge in [-0.3, -0.25) is 9.59 Å². The summed E-state index contributed by atoms with van der Waals surface area (Å²) in [7, 11) is 3.10. The molecule has 4 rings (SSSR count). The number of benzene rings is 2. The minimum Gasteiger partial charge on any atom is -0.493 e. The van der Waals surface area contributed by atoms with Crippen LogP contribution < -0.4 is 19.6 Å². The van der Waals surface area contributed by atoms with Gasteiger partial charge in [-0.1, -0.05) is 6.07 Å². The highest BCUT2D eigenvalue weighted by Crippen LogP contribution is 2.32. The average molecular weight is 442 g/mol. The Bertz CT molecular complexity index is 1150. The normalized spacial score (nSPS) is 13.8. The number of amides is 1. The Balaban J connectivity index is 1.55. The van der Waals surface area contributed by atoms with E-state index < -0.39 is 0 Å². The van der Waals surface area contributed by atoms with Crippen LogP contribution in [0.3, 0.4) is 0 Å². The van der Waals surface area contributed by atoms with E-state index in [1.807, 2.05) is 16.7 Å². The van der Waals surface area contributed by atoms with Crippen molar-refractivity contribution >= 4 is 28.6 Å². The van der Waals surface area contributed by atoms with Crippen molar-refractivity contribution in [1.82, 2.24) is 4.90 Å². The Morgan fingerprint density at radius 2 is 1.84 bits per heavy atom. The Labute approximate surface area is 183 Å². The minimum atomic E-state index is -0.165. The van der Waals surface area contributed by atoms with Gasteiger partial charge < -0.3 is 23.5 Å². The molecule has 8 heteroatoms. The molecule has 0 aliphatic carbocycles. The zero-order valence-corrected chi connectivity index (χ0v) is 18.2. The van der Waals surface area contributed by atoms with Gasteiger partial charge in [0.05, 0.1) is 25.2 Å². The van der Waals surface area contributed by atoms with E-state index in [0.717, 1.165) is 24.6 Å². The monoisotopic (exact) mass is 441 g/mol. The largest absolute Gasteiger partial charge is 0.493 e. The second kappa shape index (κ2) is 9.34. The molecule has 0 radical (unpaired) electrons. The summed E-state index contributed by atoms with van der Waals surface area (Å²) in [4.78, 5) is 27.1. The molecule has 162 valence electrons. The minimum absolute atomic E-state index is 0.0364. The number of rotatable bonds is 6. The number of methoxy groups -OCH3 is 2. The van der Waals surface area contributed by atoms with Crippen molar-refractivity contribution in [2.24, 2.45) is 0 Å². The van der Waals surface area contributed by atoms with Gasteiger partial charge in [0.1, 0.15) is 17.6 Å². The maximum absolute atomic E-state index is 13.0. The summed E-state index contributed by atoms with van der Waals surface area (Å²) in [5.74, 6) is 3.46. The molecule has 0 unspecified atom stereocenters. The van der Waals surface area contributed by atoms with Crippen LogP contribution in [0.5, 0.6) is 17.2 Å². The standard InChI is InChI=1S/C23H23NO6S/c1-27-19-6-3-15(11-21(19)28-2)18-13-30-20-12-16(4-5-17(20)23(18)26)29-14-22(25)24-7-9-31-10-8-24/h3-6,11-13H,7-10,14H2,1-2H3. The molecule has 1 saturated heterocycles. The van der Waals surface area contributed by atoms with Gasteiger partial charge in [-0.15, -0.1) is 0 Å². The van der Waals surface area contributed by atoms with Crippen LogP contribution >= 0.6 is 11.8 Å². The van der Waals surface area contributed by atoms with Crippen molar-refractivity contribution in [3.63, 3.8) is 0 Å². The maximum atomic E-state index is 13.0. The Morgan fingerprint density at radius 1 is 1.06 bits per heavy atom. The SMILES string of the molecule is COc1ccc(-c2coc3cc(OCC(=O)N4CCSCC4)ccc3c2=O)cc1OC. The van der Waals surface area contributed by atoms with Crippen LogP contribution in [-0.4, -0.2) is 56.2 Å². The lowest BCUT2D eigenvalue weighted by molar-refractivity contribution is -0.132. The molecule has 0 bridgehead atoms. The quantitative estimate of drug-likeness (QED) is 0.580. The molecule has 0 saturated carbocycles. The number of nitrogens with zero attached hydrogens (tertiary/aromatic N) is 1. The second-order valence-electron chi connectivity index (χ2n) is 6.99. The summed E-state index contributed by atoms with van der Waals surface area (Å²) in [5, 5.41) is 0.430. The number of thioether (sulfide) groups is 1. The molecule has 31 heavy (non-hydrogen) atoms. The molecule has 0 N–H and O–H groups in total. The third-order valence-electron chi connectivity index (χ3n) is 5.17. The first kappa shape index (κ1) is 21.1. The lowest BCUT2D eigenvalue weighted by atomic mass is 10.0. The zero-order chi connectivity index (χ0) is 21.8. The van der Waals surface area contributed by atoms with Gasteiger partial charge in [0, 0.05) is 30.7 Å². The Hall–Kier alpha value is -3.13. The molecule has 1 aliphatic heterocycles. The summed E-state index contributed by atoms with van der Waals surface area (Å²) < 4.78 is 21.9. The molecular weight excluding hydrogens is 418 g/mol. The highest BCUT2D eigenvalue weighted by molar-refractivity contribution is 7.99. The fourth-order valence-corrected chi connectivity index (χ4v) is 4.35. The van der Waals surface area contributed by atoms with Gasteiger partial charge in [0.25, 0.3) is 5.91 Å². The lowest BCUT2D eigenvalue weighted by Crippen LogP contribution is -2.40. The summed E-state index contributed by atoms with van der Waals surface area (Å²) in [6.07, 6.45) is 1.42. The molecule has 0 spiro atoms. The molecule has 1 aliphatic rings. The number of carbonyl (C=O) groups excluding carboxylic acids is 1. The topological polar surface area (TPSA) is 78.2 Å². The predicted octanol–water partition coefficient (Wildman–Crippen LogP) is 3.43. The van der Waals surface area contributed by atoms with E-state index in [1.54, 1.807) is 50.6 Å². The van der Waals surface area contributed by atoms with Gasteiger partial charge >= 0.3 is 0 Å². The molecule has 1 amide bonds. The van der Waals surface area contributed by atoms with Gasteiger partial charge in [-0.2, -0.15) is 11.8 Å². The first-order chi connectivity index (χ1) is 15.1. The van der Waals surface area contributed by atoms with Crippen LogP contribution in [-0.2, 0) is 4.79 Å². The van der Waals surface area contributed by atoms with Crippen LogP contribution in [0.15, 0.2) is 51.9 Å². The van der Waals surface area contributed by atoms with Gasteiger partial charge in [-0.25, -0.2) is 0 Å². The van der Waals surface area contributed by atoms with E-state index in [2.05, 4.69) is 0 Å². The Morgan fingerprint density at radius 3 is 2.58 bits per heavy atom. The lowest BCUT2D eigenvalue weighted by Gasteiger charge is -2.26. The van der Waals surface area contributed by atoms with E-state index in [0.29, 0.717) is 39.3 Å². The third-order valence-corrected chi connectivity index (χ3v) is 6.11. The maximum Gasteiger partial charge on any atom is 0.260 e. The van der Waals surface area contributed by atoms with E-state index in [-0.39, 0.29) is 17.9 Å². The predicted molar refractivity (Wildman–Crippen MR) is 120 cm³/mol. The Kier molecular flexibility index (Phi) is 6.36. The molecule has 2 aromatic carbocycles. The van der Waals surface area contributed by atoms with Crippen LogP contribution in [0.25, 0.3) is 22.1 Å². The molecule has 7 nitrogen and oxygen atoms in total. The van der Waals surface area contributed by atoms with Crippen LogP contribution in [0, 0.1) is 0 Å². The van der Waals surface area contributed by atoms with E-state index >= 15 is 0 Å². The van der Waals surface area contributed by atoms with Gasteiger partial charge in [-0.05, 0) is 29.8 Å². The highest BCUT2D eigenvalue weighted by Gasteiger charge is 2.18. The van der Waals surface area contributed by atoms with Crippen molar-refractivity contribution < 1.29 is 23.4 Å². The van der Waals surface area contributed by atoms with E-state index in [4.69, 9.17) is 18.6 Å². The molecule has 3 aromatic rings. The van der Waals surface area contributed by atoms with Crippen LogP contribution in [0.2, 0.25) is 0 Å². The van der Waals surface area contributed by atoms with Crippen molar-refractivity contribution in [2.45, 2.75) is 0 Å². The summed E-state index contributed by atoms with van der Waals surface area (Å²) in [6.45, 7) is 1.46. The van der Waals surface area contributed by atoms with E-state index in [9.17, 15) is 9.59 Å². The first-order valence-corrected chi connectivity index (χ1v) is 11.0. The third kappa shape index (κ3) is 4.49. The summed E-state index contributed by atoms with van der Waals surface area (Å²) in [6, 6.07) is 10.2. The number of hydrogen-bond donors (Lipinski definition) is 0. The average Bonchev–Trinajstić information content (AvgIpc) is 2.82. The summed E-state index contributed by atoms with van der Waals surface area (Å²) in [5.41, 5.74) is 1.31. The van der Waals surface area contributed by atoms with Crippen LogP contribution in [0.1, 0.15) is 0 Å². The first-order valence-electron chi connectivity index (χ1n) is 9.87. The van der Waals surface area contributed by atoms with Gasteiger partial charge in [0.15, 0.2) is 23.5 Å². The number of carbonyl (C=O) groups is 1. The van der Waals surface area contributed by atoms with Crippen LogP contribution in [0.4, 0.5) is 0 Å². The smallest absolute Gasteiger partial charge is 0.260 e. The van der Waals surface area contributed by atoms with Crippen molar-refractivity contribution in [2.75, 3.05) is 45.4 Å². The number of ether oxygens (including phenoxy) is 3.